The molecule has 2 aromatic carbocycles. The van der Waals surface area contributed by atoms with Gasteiger partial charge in [-0.15, -0.1) is 0 Å². The zero-order valence-electron chi connectivity index (χ0n) is 13.6. The maximum Gasteiger partial charge on any atom is 0.0917 e. The number of benzene rings is 2. The summed E-state index contributed by atoms with van der Waals surface area (Å²) in [6.45, 7) is 3.01. The van der Waals surface area contributed by atoms with Gasteiger partial charge in [0.15, 0.2) is 0 Å². The first-order chi connectivity index (χ1) is 10.6. The van der Waals surface area contributed by atoms with Crippen molar-refractivity contribution in [2.24, 2.45) is 0 Å². The molecule has 3 heteroatoms. The van der Waals surface area contributed by atoms with Crippen molar-refractivity contribution in [1.82, 2.24) is 9.80 Å². The largest absolute Gasteiger partial charge is 0.387 e. The molecule has 0 saturated carbocycles. The number of aliphatic hydroxyl groups excluding tert-OH is 1. The van der Waals surface area contributed by atoms with Crippen molar-refractivity contribution < 1.29 is 5.11 Å². The minimum atomic E-state index is -0.422. The Morgan fingerprint density at radius 2 is 1.82 bits per heavy atom. The van der Waals surface area contributed by atoms with E-state index in [2.05, 4.69) is 54.2 Å². The molecule has 0 aromatic heterocycles. The molecular weight excluding hydrogens is 272 g/mol. The molecule has 1 unspecified atom stereocenters. The van der Waals surface area contributed by atoms with Crippen molar-refractivity contribution in [1.29, 1.82) is 0 Å². The van der Waals surface area contributed by atoms with E-state index in [0.717, 1.165) is 18.7 Å². The lowest BCUT2D eigenvalue weighted by molar-refractivity contribution is 0.0789. The smallest absolute Gasteiger partial charge is 0.0917 e. The zero-order valence-corrected chi connectivity index (χ0v) is 13.6. The fourth-order valence-corrected chi connectivity index (χ4v) is 3.38. The third kappa shape index (κ3) is 3.49. The van der Waals surface area contributed by atoms with E-state index in [1.54, 1.807) is 0 Å². The van der Waals surface area contributed by atoms with Crippen LogP contribution in [0.2, 0.25) is 0 Å². The molecular formula is C19H26N2O. The molecule has 3 rings (SSSR count). The van der Waals surface area contributed by atoms with Gasteiger partial charge in [-0.25, -0.2) is 0 Å². The molecule has 0 amide bonds. The maximum absolute atomic E-state index is 10.6. The molecule has 1 N–H and O–H groups in total. The van der Waals surface area contributed by atoms with Gasteiger partial charge in [0, 0.05) is 12.6 Å². The molecule has 2 aromatic rings. The summed E-state index contributed by atoms with van der Waals surface area (Å²) in [4.78, 5) is 4.71. The van der Waals surface area contributed by atoms with Crippen molar-refractivity contribution in [3.05, 3.63) is 48.0 Å². The Morgan fingerprint density at radius 1 is 1.14 bits per heavy atom. The summed E-state index contributed by atoms with van der Waals surface area (Å²) in [6, 6.07) is 15.2. The zero-order chi connectivity index (χ0) is 15.5. The maximum atomic E-state index is 10.6. The molecule has 1 fully saturated rings. The quantitative estimate of drug-likeness (QED) is 0.940. The number of hydrogen-bond donors (Lipinski definition) is 1. The van der Waals surface area contributed by atoms with Gasteiger partial charge >= 0.3 is 0 Å². The first-order valence-corrected chi connectivity index (χ1v) is 8.19. The second kappa shape index (κ2) is 6.78. The van der Waals surface area contributed by atoms with Crippen LogP contribution in [0.1, 0.15) is 24.5 Å². The van der Waals surface area contributed by atoms with Crippen molar-refractivity contribution in [3.8, 4) is 0 Å². The Bertz CT molecular complexity index is 620. The van der Waals surface area contributed by atoms with Crippen LogP contribution in [0.4, 0.5) is 0 Å². The van der Waals surface area contributed by atoms with E-state index in [-0.39, 0.29) is 0 Å². The van der Waals surface area contributed by atoms with Gasteiger partial charge in [0.25, 0.3) is 0 Å². The Morgan fingerprint density at radius 3 is 2.55 bits per heavy atom. The van der Waals surface area contributed by atoms with Crippen LogP contribution in [0.15, 0.2) is 42.5 Å². The minimum Gasteiger partial charge on any atom is -0.387 e. The van der Waals surface area contributed by atoms with Gasteiger partial charge in [0.2, 0.25) is 0 Å². The first-order valence-electron chi connectivity index (χ1n) is 8.19. The van der Waals surface area contributed by atoms with Crippen molar-refractivity contribution >= 4 is 10.8 Å². The highest BCUT2D eigenvalue weighted by atomic mass is 16.3. The molecule has 1 aliphatic heterocycles. The summed E-state index contributed by atoms with van der Waals surface area (Å²) < 4.78 is 0. The monoisotopic (exact) mass is 298 g/mol. The SMILES string of the molecule is CN1CCC(N(C)CC(O)c2ccc3ccccc3c2)CC1. The average Bonchev–Trinajstić information content (AvgIpc) is 2.55. The summed E-state index contributed by atoms with van der Waals surface area (Å²) in [6.07, 6.45) is 1.96. The van der Waals surface area contributed by atoms with Gasteiger partial charge in [-0.2, -0.15) is 0 Å². The minimum absolute atomic E-state index is 0.422. The lowest BCUT2D eigenvalue weighted by Crippen LogP contribution is -2.43. The Balaban J connectivity index is 1.66. The van der Waals surface area contributed by atoms with Gasteiger partial charge in [0.05, 0.1) is 6.10 Å². The van der Waals surface area contributed by atoms with Crippen LogP contribution < -0.4 is 0 Å². The molecule has 22 heavy (non-hydrogen) atoms. The Labute approximate surface area is 133 Å². The number of rotatable bonds is 4. The number of nitrogens with zero attached hydrogens (tertiary/aromatic N) is 2. The molecule has 0 aliphatic carbocycles. The lowest BCUT2D eigenvalue weighted by Gasteiger charge is -2.36. The van der Waals surface area contributed by atoms with Crippen molar-refractivity contribution in [2.75, 3.05) is 33.7 Å². The molecule has 118 valence electrons. The summed E-state index contributed by atoms with van der Waals surface area (Å²) in [5.74, 6) is 0. The normalized spacial score (nSPS) is 18.9. The Hall–Kier alpha value is -1.42. The van der Waals surface area contributed by atoms with Crippen LogP contribution in [0.5, 0.6) is 0 Å². The van der Waals surface area contributed by atoms with Gasteiger partial charge in [-0.3, -0.25) is 0 Å². The number of likely N-dealkylation sites (N-methyl/N-ethyl adjacent to an activating group) is 1. The van der Waals surface area contributed by atoms with E-state index in [1.807, 2.05) is 12.1 Å². The average molecular weight is 298 g/mol. The van der Waals surface area contributed by atoms with Gasteiger partial charge in [-0.1, -0.05) is 36.4 Å². The summed E-state index contributed by atoms with van der Waals surface area (Å²) in [5.41, 5.74) is 1.01. The number of hydrogen-bond acceptors (Lipinski definition) is 3. The summed E-state index contributed by atoms with van der Waals surface area (Å²) in [7, 11) is 4.32. The molecule has 1 heterocycles. The second-order valence-corrected chi connectivity index (χ2v) is 6.60. The van der Waals surface area contributed by atoms with Gasteiger partial charge in [0.1, 0.15) is 0 Å². The molecule has 3 nitrogen and oxygen atoms in total. The first kappa shape index (κ1) is 15.5. The van der Waals surface area contributed by atoms with Crippen molar-refractivity contribution in [3.63, 3.8) is 0 Å². The van der Waals surface area contributed by atoms with E-state index in [1.165, 1.54) is 23.6 Å². The lowest BCUT2D eigenvalue weighted by atomic mass is 10.0. The number of aliphatic hydroxyl groups is 1. The molecule has 1 atom stereocenters. The van der Waals surface area contributed by atoms with Crippen LogP contribution in [0.3, 0.4) is 0 Å². The number of piperidine rings is 1. The van der Waals surface area contributed by atoms with Crippen LogP contribution in [0.25, 0.3) is 10.8 Å². The fraction of sp³-hybridized carbons (Fsp3) is 0.474. The third-order valence-electron chi connectivity index (χ3n) is 4.93. The standard InChI is InChI=1S/C19H26N2O/c1-20-11-9-18(10-12-20)21(2)14-19(22)17-8-7-15-5-3-4-6-16(15)13-17/h3-8,13,18-19,22H,9-12,14H2,1-2H3. The van der Waals surface area contributed by atoms with Crippen LogP contribution in [-0.2, 0) is 0 Å². The van der Waals surface area contributed by atoms with Crippen molar-refractivity contribution in [2.45, 2.75) is 25.0 Å². The topological polar surface area (TPSA) is 26.7 Å². The highest BCUT2D eigenvalue weighted by molar-refractivity contribution is 5.83. The predicted octanol–water partition coefficient (Wildman–Crippen LogP) is 2.90. The van der Waals surface area contributed by atoms with Crippen LogP contribution >= 0.6 is 0 Å². The van der Waals surface area contributed by atoms with Gasteiger partial charge < -0.3 is 14.9 Å². The molecule has 0 spiro atoms. The summed E-state index contributed by atoms with van der Waals surface area (Å²) >= 11 is 0. The van der Waals surface area contributed by atoms with E-state index >= 15 is 0 Å². The highest BCUT2D eigenvalue weighted by Gasteiger charge is 2.22. The number of likely N-dealkylation sites (tertiary alicyclic amines) is 1. The van der Waals surface area contributed by atoms with E-state index in [0.29, 0.717) is 12.6 Å². The molecule has 1 aliphatic rings. The highest BCUT2D eigenvalue weighted by Crippen LogP contribution is 2.23. The Kier molecular flexibility index (Phi) is 4.77. The molecule has 1 saturated heterocycles. The van der Waals surface area contributed by atoms with Crippen LogP contribution in [0, 0.1) is 0 Å². The number of fused-ring (bicyclic) bond motifs is 1. The van der Waals surface area contributed by atoms with Crippen LogP contribution in [-0.4, -0.2) is 54.7 Å². The molecule has 0 radical (unpaired) electrons. The molecule has 0 bridgehead atoms. The van der Waals surface area contributed by atoms with Gasteiger partial charge in [-0.05, 0) is 62.4 Å². The predicted molar refractivity (Wildman–Crippen MR) is 92.1 cm³/mol. The second-order valence-electron chi connectivity index (χ2n) is 6.60. The van der Waals surface area contributed by atoms with E-state index in [4.69, 9.17) is 0 Å². The fourth-order valence-electron chi connectivity index (χ4n) is 3.38. The summed E-state index contributed by atoms with van der Waals surface area (Å²) in [5, 5.41) is 13.0. The van der Waals surface area contributed by atoms with E-state index < -0.39 is 6.10 Å². The van der Waals surface area contributed by atoms with E-state index in [9.17, 15) is 5.11 Å². The third-order valence-corrected chi connectivity index (χ3v) is 4.93.